The topological polar surface area (TPSA) is 179 Å². The number of amides is 4. The van der Waals surface area contributed by atoms with E-state index in [-0.39, 0.29) is 24.6 Å². The molecule has 7 N–H and O–H groups in total. The van der Waals surface area contributed by atoms with Gasteiger partial charge in [-0.05, 0) is 76.0 Å². The number of nitrogens with zero attached hydrogens (tertiary/aromatic N) is 2. The number of primary amides is 1. The van der Waals surface area contributed by atoms with E-state index in [1.807, 2.05) is 58.0 Å². The summed E-state index contributed by atoms with van der Waals surface area (Å²) >= 11 is 0. The largest absolute Gasteiger partial charge is 0.390 e. The minimum absolute atomic E-state index is 0.0563. The Kier molecular flexibility index (Phi) is 13.6. The average molecular weight is 678 g/mol. The lowest BCUT2D eigenvalue weighted by Crippen LogP contribution is -2.61. The van der Waals surface area contributed by atoms with E-state index < -0.39 is 53.9 Å². The molecule has 4 rings (SSSR count). The fraction of sp³-hybridized carbons (Fsp3) is 0.595. The number of nitrogens with two attached hydrogens (primary N) is 1. The quantitative estimate of drug-likeness (QED) is 0.167. The van der Waals surface area contributed by atoms with Crippen LogP contribution in [0, 0.1) is 11.8 Å². The van der Waals surface area contributed by atoms with E-state index >= 15 is 0 Å². The number of nitrogens with one attached hydrogen (secondary N) is 4. The molecule has 6 atom stereocenters. The Morgan fingerprint density at radius 3 is 2.39 bits per heavy atom. The van der Waals surface area contributed by atoms with Crippen LogP contribution in [0.3, 0.4) is 0 Å². The first-order valence-electron chi connectivity index (χ1n) is 17.7. The van der Waals surface area contributed by atoms with E-state index in [9.17, 15) is 24.3 Å². The van der Waals surface area contributed by atoms with Crippen molar-refractivity contribution in [1.29, 1.82) is 0 Å². The molecule has 1 aromatic carbocycles. The predicted octanol–water partition coefficient (Wildman–Crippen LogP) is 2.76. The van der Waals surface area contributed by atoms with Crippen molar-refractivity contribution in [3.05, 3.63) is 59.8 Å². The van der Waals surface area contributed by atoms with Crippen LogP contribution in [0.25, 0.3) is 0 Å². The Morgan fingerprint density at radius 1 is 1.00 bits per heavy atom. The highest BCUT2D eigenvalue weighted by Crippen LogP contribution is 2.39. The van der Waals surface area contributed by atoms with E-state index in [2.05, 4.69) is 31.2 Å². The molecular weight excluding hydrogens is 622 g/mol. The molecule has 0 radical (unpaired) electrons. The summed E-state index contributed by atoms with van der Waals surface area (Å²) in [4.78, 5) is 59.1. The van der Waals surface area contributed by atoms with E-state index in [1.165, 1.54) is 12.5 Å². The zero-order valence-electron chi connectivity index (χ0n) is 29.4. The summed E-state index contributed by atoms with van der Waals surface area (Å²) < 4.78 is 0. The highest BCUT2D eigenvalue weighted by atomic mass is 16.3. The number of aliphatic hydroxyl groups is 1. The van der Waals surface area contributed by atoms with Crippen molar-refractivity contribution in [3.63, 3.8) is 0 Å². The Hall–Kier alpha value is -4.03. The molecule has 1 aliphatic heterocycles. The summed E-state index contributed by atoms with van der Waals surface area (Å²) in [6.07, 6.45) is 4.91. The molecule has 2 aliphatic rings. The zero-order chi connectivity index (χ0) is 35.6. The first-order valence-corrected chi connectivity index (χ1v) is 17.7. The molecule has 2 aromatic rings. The maximum Gasteiger partial charge on any atom is 0.270 e. The lowest BCUT2D eigenvalue weighted by Gasteiger charge is -2.47. The van der Waals surface area contributed by atoms with Crippen LogP contribution in [0.1, 0.15) is 88.7 Å². The van der Waals surface area contributed by atoms with E-state index in [4.69, 9.17) is 5.73 Å². The van der Waals surface area contributed by atoms with Gasteiger partial charge in [0.05, 0.1) is 24.6 Å². The monoisotopic (exact) mass is 677 g/mol. The predicted molar refractivity (Wildman–Crippen MR) is 189 cm³/mol. The van der Waals surface area contributed by atoms with Gasteiger partial charge in [-0.3, -0.25) is 24.1 Å². The third-order valence-corrected chi connectivity index (χ3v) is 9.38. The molecule has 0 spiro atoms. The Morgan fingerprint density at radius 2 is 1.71 bits per heavy atom. The minimum atomic E-state index is -1.30. The van der Waals surface area contributed by atoms with Crippen molar-refractivity contribution in [2.75, 3.05) is 25.0 Å². The number of carbonyl (C=O) groups is 4. The summed E-state index contributed by atoms with van der Waals surface area (Å²) in [6.45, 7) is 9.42. The van der Waals surface area contributed by atoms with Crippen molar-refractivity contribution in [1.82, 2.24) is 25.8 Å². The van der Waals surface area contributed by atoms with Crippen molar-refractivity contribution in [2.24, 2.45) is 17.6 Å². The molecule has 12 heteroatoms. The molecule has 49 heavy (non-hydrogen) atoms. The lowest BCUT2D eigenvalue weighted by molar-refractivity contribution is -0.133. The third-order valence-electron chi connectivity index (χ3n) is 9.38. The van der Waals surface area contributed by atoms with Crippen LogP contribution in [0.5, 0.6) is 0 Å². The number of fused-ring (bicyclic) bond motifs is 1. The summed E-state index contributed by atoms with van der Waals surface area (Å²) in [5.41, 5.74) is 6.07. The second-order valence-electron chi connectivity index (χ2n) is 14.7. The summed E-state index contributed by atoms with van der Waals surface area (Å²) in [5, 5.41) is 23.7. The van der Waals surface area contributed by atoms with Crippen LogP contribution >= 0.6 is 0 Å². The molecule has 1 saturated heterocycles. The molecule has 1 saturated carbocycles. The zero-order valence-corrected chi connectivity index (χ0v) is 29.4. The number of benzene rings is 1. The number of anilines is 1. The molecule has 2 fully saturated rings. The van der Waals surface area contributed by atoms with Gasteiger partial charge in [-0.2, -0.15) is 0 Å². The maximum absolute atomic E-state index is 13.8. The second-order valence-corrected chi connectivity index (χ2v) is 14.7. The van der Waals surface area contributed by atoms with Crippen molar-refractivity contribution < 1.29 is 24.3 Å². The van der Waals surface area contributed by atoms with Gasteiger partial charge in [0, 0.05) is 25.2 Å². The second kappa shape index (κ2) is 17.6. The number of hydrogen-bond acceptors (Lipinski definition) is 8. The fourth-order valence-electron chi connectivity index (χ4n) is 6.98. The minimum Gasteiger partial charge on any atom is -0.390 e. The van der Waals surface area contributed by atoms with Gasteiger partial charge < -0.3 is 32.1 Å². The Labute approximate surface area is 290 Å². The molecule has 4 amide bonds. The third kappa shape index (κ3) is 11.5. The van der Waals surface area contributed by atoms with Gasteiger partial charge in [0.1, 0.15) is 17.6 Å². The molecule has 12 nitrogen and oxygen atoms in total. The molecule has 268 valence electrons. The first-order chi connectivity index (χ1) is 23.3. The molecule has 0 bridgehead atoms. The number of aliphatic hydroxyl groups excluding tert-OH is 1. The lowest BCUT2D eigenvalue weighted by atomic mass is 9.72. The van der Waals surface area contributed by atoms with E-state index in [0.717, 1.165) is 37.7 Å². The highest BCUT2D eigenvalue weighted by Gasteiger charge is 2.42. The van der Waals surface area contributed by atoms with Gasteiger partial charge in [0.15, 0.2) is 0 Å². The summed E-state index contributed by atoms with van der Waals surface area (Å²) in [7, 11) is 0. The number of carbonyl (C=O) groups excluding carboxylic acids is 4. The number of hydrogen-bond donors (Lipinski definition) is 6. The van der Waals surface area contributed by atoms with Gasteiger partial charge in [-0.15, -0.1) is 0 Å². The number of β-amino-alcohol motifs (C(OH)–C–C–N with tert-alkyl or cyclic N) is 1. The summed E-state index contributed by atoms with van der Waals surface area (Å²) in [5.74, 6) is -0.683. The van der Waals surface area contributed by atoms with Gasteiger partial charge in [0.25, 0.3) is 5.91 Å². The number of likely N-dealkylation sites (tertiary alicyclic amines) is 1. The molecule has 1 aliphatic carbocycles. The van der Waals surface area contributed by atoms with Crippen LogP contribution < -0.4 is 27.0 Å². The van der Waals surface area contributed by atoms with Crippen molar-refractivity contribution >= 4 is 29.4 Å². The van der Waals surface area contributed by atoms with Gasteiger partial charge in [-0.25, -0.2) is 4.98 Å². The van der Waals surface area contributed by atoms with Crippen LogP contribution in [-0.4, -0.2) is 88.0 Å². The Balaban J connectivity index is 1.54. The highest BCUT2D eigenvalue weighted by molar-refractivity contribution is 5.98. The van der Waals surface area contributed by atoms with Gasteiger partial charge in [-0.1, -0.05) is 62.6 Å². The number of aromatic nitrogens is 1. The fourth-order valence-corrected chi connectivity index (χ4v) is 6.98. The average Bonchev–Trinajstić information content (AvgIpc) is 3.06. The smallest absolute Gasteiger partial charge is 0.270 e. The molecule has 1 aromatic heterocycles. The normalized spacial score (nSPS) is 21.4. The number of rotatable bonds is 15. The van der Waals surface area contributed by atoms with Crippen molar-refractivity contribution in [3.8, 4) is 0 Å². The van der Waals surface area contributed by atoms with Gasteiger partial charge >= 0.3 is 0 Å². The van der Waals surface area contributed by atoms with Crippen LogP contribution in [0.2, 0.25) is 0 Å². The Bertz CT molecular complexity index is 1420. The molecule has 2 heterocycles. The van der Waals surface area contributed by atoms with Crippen LogP contribution in [0.15, 0.2) is 48.5 Å². The molecular formula is C37H55N7O5. The summed E-state index contributed by atoms with van der Waals surface area (Å²) in [6, 6.07) is 11.9. The van der Waals surface area contributed by atoms with E-state index in [1.54, 1.807) is 12.1 Å². The number of pyridine rings is 1. The standard InChI is InChI=1S/C37H55N7O5/c1-5-18-39-33-17-11-16-27(40-33)34(47)42-29(21-32(38)46)35(48)41-28(19-24-12-7-6-8-13-24)31(45)23-44-22-26-15-10-9-14-25(26)20-30(44)36(49)43-37(2,3)4/h6-8,11-13,16-17,25-26,28-31,45H,5,9-10,14-15,18-23H2,1-4H3,(H2,38,46)(H,39,40)(H,41,48)(H,42,47)(H,43,49). The maximum atomic E-state index is 13.8. The first kappa shape index (κ1) is 37.8. The molecule has 6 unspecified atom stereocenters. The van der Waals surface area contributed by atoms with E-state index in [0.29, 0.717) is 30.7 Å². The van der Waals surface area contributed by atoms with Gasteiger partial charge in [0.2, 0.25) is 17.7 Å². The van der Waals surface area contributed by atoms with Crippen molar-refractivity contribution in [2.45, 2.75) is 109 Å². The SMILES string of the molecule is CCCNc1cccc(C(=O)NC(CC(N)=O)C(=O)NC(Cc2ccccc2)C(O)CN2CC3CCCCC3CC2C(=O)NC(C)(C)C)n1. The van der Waals surface area contributed by atoms with Crippen LogP contribution in [-0.2, 0) is 20.8 Å². The number of piperidine rings is 1. The van der Waals surface area contributed by atoms with Crippen LogP contribution in [0.4, 0.5) is 5.82 Å².